The molecule has 0 atom stereocenters. The molecular weight excluding hydrogens is 158 g/mol. The molecule has 11 heavy (non-hydrogen) atoms. The van der Waals surface area contributed by atoms with Crippen molar-refractivity contribution in [3.8, 4) is 0 Å². The largest absolute Gasteiger partial charge is 0.382 e. The van der Waals surface area contributed by atoms with Gasteiger partial charge in [0.15, 0.2) is 0 Å². The van der Waals surface area contributed by atoms with Crippen LogP contribution < -0.4 is 5.32 Å². The molecule has 0 amide bonds. The molecule has 0 fully saturated rings. The van der Waals surface area contributed by atoms with Crippen molar-refractivity contribution in [1.29, 1.82) is 0 Å². The zero-order valence-electron chi connectivity index (χ0n) is 6.66. The van der Waals surface area contributed by atoms with Crippen molar-refractivity contribution in [3.63, 3.8) is 0 Å². The first-order valence-corrected chi connectivity index (χ1v) is 3.82. The van der Waals surface area contributed by atoms with Crippen LogP contribution in [0, 0.1) is 0 Å². The summed E-state index contributed by atoms with van der Waals surface area (Å²) in [5.74, 6) is 0. The van der Waals surface area contributed by atoms with E-state index in [1.54, 1.807) is 4.68 Å². The van der Waals surface area contributed by atoms with Crippen LogP contribution in [0.25, 0.3) is 0 Å². The maximum absolute atomic E-state index is 4.99. The number of nitrogens with one attached hydrogen (secondary N) is 1. The molecule has 1 N–H and O–H groups in total. The van der Waals surface area contributed by atoms with E-state index in [0.717, 1.165) is 17.1 Å². The molecule has 1 heterocycles. The molecule has 0 spiro atoms. The third-order valence-corrected chi connectivity index (χ3v) is 1.74. The van der Waals surface area contributed by atoms with E-state index in [2.05, 4.69) is 10.4 Å². The number of hydrogen-bond donors (Lipinski definition) is 1. The number of hydrogen-bond acceptors (Lipinski definition) is 2. The van der Waals surface area contributed by atoms with Gasteiger partial charge in [-0.3, -0.25) is 4.68 Å². The van der Waals surface area contributed by atoms with E-state index in [1.165, 1.54) is 0 Å². The second-order valence-electron chi connectivity index (χ2n) is 2.33. The van der Waals surface area contributed by atoms with Crippen LogP contribution >= 0.6 is 12.2 Å². The second kappa shape index (κ2) is 3.48. The molecule has 1 aromatic rings. The molecule has 0 saturated heterocycles. The molecule has 0 unspecified atom stereocenters. The maximum Gasteiger partial charge on any atom is 0.0811 e. The van der Waals surface area contributed by atoms with E-state index < -0.39 is 0 Å². The summed E-state index contributed by atoms with van der Waals surface area (Å²) >= 11 is 4.99. The Morgan fingerprint density at radius 1 is 1.82 bits per heavy atom. The Morgan fingerprint density at radius 2 is 2.55 bits per heavy atom. The lowest BCUT2D eigenvalue weighted by Crippen LogP contribution is -2.18. The summed E-state index contributed by atoms with van der Waals surface area (Å²) in [6.45, 7) is 0. The average Bonchev–Trinajstić information content (AvgIpc) is 2.35. The Kier molecular flexibility index (Phi) is 2.59. The van der Waals surface area contributed by atoms with Crippen LogP contribution in [0.4, 0.5) is 0 Å². The fraction of sp³-hybridized carbons (Fsp3) is 0.429. The molecule has 0 aliphatic carbocycles. The molecule has 3 nitrogen and oxygen atoms in total. The van der Waals surface area contributed by atoms with Crippen molar-refractivity contribution < 1.29 is 0 Å². The molecule has 0 saturated carbocycles. The lowest BCUT2D eigenvalue weighted by molar-refractivity contribution is 0.752. The van der Waals surface area contributed by atoms with Gasteiger partial charge in [-0.05, 0) is 6.07 Å². The molecular formula is C7H11N3S. The number of rotatable bonds is 2. The molecule has 0 aliphatic rings. The van der Waals surface area contributed by atoms with Crippen molar-refractivity contribution in [2.75, 3.05) is 7.05 Å². The van der Waals surface area contributed by atoms with E-state index in [4.69, 9.17) is 12.2 Å². The van der Waals surface area contributed by atoms with Gasteiger partial charge in [0.1, 0.15) is 0 Å². The molecule has 0 radical (unpaired) electrons. The lowest BCUT2D eigenvalue weighted by Gasteiger charge is -1.97. The van der Waals surface area contributed by atoms with Gasteiger partial charge < -0.3 is 5.32 Å². The van der Waals surface area contributed by atoms with Crippen molar-refractivity contribution in [1.82, 2.24) is 15.1 Å². The predicted molar refractivity (Wildman–Crippen MR) is 48.6 cm³/mol. The van der Waals surface area contributed by atoms with Gasteiger partial charge >= 0.3 is 0 Å². The molecule has 1 aromatic heterocycles. The van der Waals surface area contributed by atoms with Crippen LogP contribution in [0.1, 0.15) is 5.69 Å². The van der Waals surface area contributed by atoms with Crippen LogP contribution in [0.3, 0.4) is 0 Å². The third-order valence-electron chi connectivity index (χ3n) is 1.39. The first-order chi connectivity index (χ1) is 5.22. The van der Waals surface area contributed by atoms with E-state index in [1.807, 2.05) is 26.4 Å². The normalized spacial score (nSPS) is 9.64. The van der Waals surface area contributed by atoms with E-state index >= 15 is 0 Å². The van der Waals surface area contributed by atoms with E-state index in [-0.39, 0.29) is 0 Å². The highest BCUT2D eigenvalue weighted by Gasteiger charge is 1.98. The van der Waals surface area contributed by atoms with Gasteiger partial charge in [-0.25, -0.2) is 0 Å². The smallest absolute Gasteiger partial charge is 0.0811 e. The quantitative estimate of drug-likeness (QED) is 0.654. The van der Waals surface area contributed by atoms with Crippen LogP contribution in [-0.4, -0.2) is 21.8 Å². The van der Waals surface area contributed by atoms with Crippen molar-refractivity contribution in [3.05, 3.63) is 18.0 Å². The highest BCUT2D eigenvalue weighted by Crippen LogP contribution is 1.95. The summed E-state index contributed by atoms with van der Waals surface area (Å²) in [6, 6.07) is 1.96. The van der Waals surface area contributed by atoms with Gasteiger partial charge in [0.25, 0.3) is 0 Å². The summed E-state index contributed by atoms with van der Waals surface area (Å²) in [4.78, 5) is 0.823. The van der Waals surface area contributed by atoms with Crippen molar-refractivity contribution >= 4 is 17.2 Å². The summed E-state index contributed by atoms with van der Waals surface area (Å²) < 4.78 is 1.77. The minimum absolute atomic E-state index is 0.729. The van der Waals surface area contributed by atoms with Gasteiger partial charge in [-0.1, -0.05) is 12.2 Å². The van der Waals surface area contributed by atoms with Crippen molar-refractivity contribution in [2.45, 2.75) is 6.42 Å². The predicted octanol–water partition coefficient (Wildman–Crippen LogP) is 0.509. The van der Waals surface area contributed by atoms with Crippen LogP contribution in [-0.2, 0) is 13.5 Å². The molecule has 1 rings (SSSR count). The topological polar surface area (TPSA) is 29.9 Å². The number of aromatic nitrogens is 2. The summed E-state index contributed by atoms with van der Waals surface area (Å²) in [5.41, 5.74) is 1.01. The highest BCUT2D eigenvalue weighted by atomic mass is 32.1. The summed E-state index contributed by atoms with van der Waals surface area (Å²) in [5, 5.41) is 7.09. The van der Waals surface area contributed by atoms with Gasteiger partial charge in [0.2, 0.25) is 0 Å². The Bertz CT molecular complexity index is 254. The Balaban J connectivity index is 2.57. The monoisotopic (exact) mass is 169 g/mol. The SMILES string of the molecule is CNC(=S)Cc1ccn(C)n1. The summed E-state index contributed by atoms with van der Waals surface area (Å²) in [7, 11) is 3.72. The molecule has 4 heteroatoms. The first-order valence-electron chi connectivity index (χ1n) is 3.41. The average molecular weight is 169 g/mol. The van der Waals surface area contributed by atoms with E-state index in [0.29, 0.717) is 0 Å². The Labute approximate surface area is 71.4 Å². The first kappa shape index (κ1) is 8.20. The molecule has 60 valence electrons. The fourth-order valence-corrected chi connectivity index (χ4v) is 0.958. The number of nitrogens with zero attached hydrogens (tertiary/aromatic N) is 2. The molecule has 0 bridgehead atoms. The maximum atomic E-state index is 4.99. The molecule has 0 aliphatic heterocycles. The standard InChI is InChI=1S/C7H11N3S/c1-8-7(11)5-6-3-4-10(2)9-6/h3-4H,5H2,1-2H3,(H,8,11). The van der Waals surface area contributed by atoms with E-state index in [9.17, 15) is 0 Å². The van der Waals surface area contributed by atoms with Crippen LogP contribution in [0.2, 0.25) is 0 Å². The number of likely N-dealkylation sites (N-methyl/N-ethyl adjacent to an activating group) is 1. The van der Waals surface area contributed by atoms with Gasteiger partial charge in [-0.2, -0.15) is 5.10 Å². The second-order valence-corrected chi connectivity index (χ2v) is 2.82. The van der Waals surface area contributed by atoms with Gasteiger partial charge in [0.05, 0.1) is 10.7 Å². The Hall–Kier alpha value is -0.900. The minimum atomic E-state index is 0.729. The highest BCUT2D eigenvalue weighted by molar-refractivity contribution is 7.80. The number of thiocarbonyl (C=S) groups is 1. The lowest BCUT2D eigenvalue weighted by atomic mass is 10.3. The van der Waals surface area contributed by atoms with Crippen LogP contribution in [0.5, 0.6) is 0 Å². The van der Waals surface area contributed by atoms with Gasteiger partial charge in [0, 0.05) is 26.7 Å². The minimum Gasteiger partial charge on any atom is -0.382 e. The Morgan fingerprint density at radius 3 is 3.00 bits per heavy atom. The fourth-order valence-electron chi connectivity index (χ4n) is 0.810. The molecule has 0 aromatic carbocycles. The summed E-state index contributed by atoms with van der Waals surface area (Å²) in [6.07, 6.45) is 2.64. The number of aryl methyl sites for hydroxylation is 1. The third kappa shape index (κ3) is 2.31. The van der Waals surface area contributed by atoms with Crippen molar-refractivity contribution in [2.24, 2.45) is 7.05 Å². The van der Waals surface area contributed by atoms with Crippen LogP contribution in [0.15, 0.2) is 12.3 Å². The zero-order chi connectivity index (χ0) is 8.27. The zero-order valence-corrected chi connectivity index (χ0v) is 7.48. The van der Waals surface area contributed by atoms with Gasteiger partial charge in [-0.15, -0.1) is 0 Å².